The van der Waals surface area contributed by atoms with Gasteiger partial charge in [0.25, 0.3) is 0 Å². The summed E-state index contributed by atoms with van der Waals surface area (Å²) in [6, 6.07) is 6.15. The number of aromatic nitrogens is 2. The molecule has 1 aliphatic heterocycles. The van der Waals surface area contributed by atoms with Crippen molar-refractivity contribution < 1.29 is 4.74 Å². The zero-order chi connectivity index (χ0) is 11.7. The normalized spacial score (nSPS) is 13.2. The molecule has 4 nitrogen and oxygen atoms in total. The minimum atomic E-state index is 0.685. The lowest BCUT2D eigenvalue weighted by molar-refractivity contribution is 0.340. The molecule has 0 amide bonds. The Morgan fingerprint density at radius 1 is 1.35 bits per heavy atom. The van der Waals surface area contributed by atoms with Crippen LogP contribution in [0.3, 0.4) is 0 Å². The number of aromatic amines is 1. The molecule has 0 saturated carbocycles. The van der Waals surface area contributed by atoms with Gasteiger partial charge in [-0.3, -0.25) is 5.10 Å². The van der Waals surface area contributed by atoms with Crippen molar-refractivity contribution >= 4 is 5.69 Å². The van der Waals surface area contributed by atoms with Crippen LogP contribution in [-0.4, -0.2) is 23.3 Å². The van der Waals surface area contributed by atoms with E-state index in [-0.39, 0.29) is 0 Å². The number of nitrogens with one attached hydrogen (secondary N) is 2. The second kappa shape index (κ2) is 4.13. The quantitative estimate of drug-likeness (QED) is 0.831. The highest BCUT2D eigenvalue weighted by molar-refractivity contribution is 5.81. The third kappa shape index (κ3) is 1.75. The first-order chi connectivity index (χ1) is 8.38. The third-order valence-corrected chi connectivity index (χ3v) is 3.00. The molecule has 2 aromatic rings. The average molecular weight is 229 g/mol. The number of hydrogen-bond acceptors (Lipinski definition) is 3. The first kappa shape index (κ1) is 10.2. The van der Waals surface area contributed by atoms with E-state index in [4.69, 9.17) is 4.74 Å². The van der Waals surface area contributed by atoms with Gasteiger partial charge in [-0.05, 0) is 25.1 Å². The molecule has 2 N–H and O–H groups in total. The zero-order valence-electron chi connectivity index (χ0n) is 9.79. The number of rotatable bonds is 2. The molecule has 2 heterocycles. The third-order valence-electron chi connectivity index (χ3n) is 3.00. The van der Waals surface area contributed by atoms with Crippen LogP contribution in [0.5, 0.6) is 5.75 Å². The van der Waals surface area contributed by atoms with Gasteiger partial charge in [-0.15, -0.1) is 0 Å². The summed E-state index contributed by atoms with van der Waals surface area (Å²) in [6.07, 6.45) is 2.85. The minimum absolute atomic E-state index is 0.685. The van der Waals surface area contributed by atoms with E-state index in [0.717, 1.165) is 30.0 Å². The number of fused-ring (bicyclic) bond motifs is 3. The summed E-state index contributed by atoms with van der Waals surface area (Å²) in [7, 11) is 0. The van der Waals surface area contributed by atoms with Gasteiger partial charge >= 0.3 is 0 Å². The highest BCUT2D eigenvalue weighted by atomic mass is 16.5. The van der Waals surface area contributed by atoms with E-state index >= 15 is 0 Å². The summed E-state index contributed by atoms with van der Waals surface area (Å²) in [5, 5.41) is 10.6. The van der Waals surface area contributed by atoms with Gasteiger partial charge in [0.1, 0.15) is 5.75 Å². The number of hydrogen-bond donors (Lipinski definition) is 2. The molecule has 0 fully saturated rings. The molecule has 3 rings (SSSR count). The number of nitrogens with zero attached hydrogens (tertiary/aromatic N) is 1. The maximum atomic E-state index is 5.55. The number of benzene rings is 1. The summed E-state index contributed by atoms with van der Waals surface area (Å²) < 4.78 is 5.55. The van der Waals surface area contributed by atoms with Crippen LogP contribution in [0.15, 0.2) is 24.4 Å². The number of H-pyrrole nitrogens is 1. The molecule has 0 radical (unpaired) electrons. The average Bonchev–Trinajstić information content (AvgIpc) is 2.73. The van der Waals surface area contributed by atoms with E-state index in [1.165, 1.54) is 11.3 Å². The molecule has 4 heteroatoms. The molecule has 1 aromatic heterocycles. The fourth-order valence-electron chi connectivity index (χ4n) is 2.21. The van der Waals surface area contributed by atoms with Gasteiger partial charge in [0.2, 0.25) is 0 Å². The highest BCUT2D eigenvalue weighted by Crippen LogP contribution is 2.35. The molecule has 0 atom stereocenters. The van der Waals surface area contributed by atoms with Gasteiger partial charge < -0.3 is 10.1 Å². The lowest BCUT2D eigenvalue weighted by Gasteiger charge is -2.10. The molecule has 17 heavy (non-hydrogen) atoms. The molecular formula is C13H15N3O. The van der Waals surface area contributed by atoms with Crippen molar-refractivity contribution in [1.29, 1.82) is 0 Å². The van der Waals surface area contributed by atoms with Crippen molar-refractivity contribution in [3.05, 3.63) is 30.1 Å². The molecular weight excluding hydrogens is 214 g/mol. The van der Waals surface area contributed by atoms with Crippen LogP contribution >= 0.6 is 0 Å². The predicted octanol–water partition coefficient (Wildman–Crippen LogP) is 2.44. The summed E-state index contributed by atoms with van der Waals surface area (Å²) in [4.78, 5) is 0. The van der Waals surface area contributed by atoms with Crippen molar-refractivity contribution in [2.24, 2.45) is 0 Å². The van der Waals surface area contributed by atoms with Crippen LogP contribution in [0.2, 0.25) is 0 Å². The lowest BCUT2D eigenvalue weighted by atomic mass is 10.0. The molecule has 0 spiro atoms. The van der Waals surface area contributed by atoms with Crippen molar-refractivity contribution in [3.63, 3.8) is 0 Å². The second-order valence-corrected chi connectivity index (χ2v) is 4.08. The van der Waals surface area contributed by atoms with Gasteiger partial charge in [-0.1, -0.05) is 0 Å². The number of ether oxygens (including phenoxy) is 1. The van der Waals surface area contributed by atoms with E-state index in [1.807, 2.05) is 19.2 Å². The minimum Gasteiger partial charge on any atom is -0.494 e. The van der Waals surface area contributed by atoms with Crippen molar-refractivity contribution in [2.45, 2.75) is 13.3 Å². The van der Waals surface area contributed by atoms with Crippen molar-refractivity contribution in [3.8, 4) is 16.9 Å². The molecule has 0 aliphatic carbocycles. The second-order valence-electron chi connectivity index (χ2n) is 4.08. The molecule has 0 unspecified atom stereocenters. The monoisotopic (exact) mass is 229 g/mol. The highest BCUT2D eigenvalue weighted by Gasteiger charge is 2.16. The molecule has 1 aliphatic rings. The Bertz CT molecular complexity index is 533. The first-order valence-corrected chi connectivity index (χ1v) is 5.92. The van der Waals surface area contributed by atoms with Crippen LogP contribution in [-0.2, 0) is 6.42 Å². The Morgan fingerprint density at radius 3 is 3.18 bits per heavy atom. The predicted molar refractivity (Wildman–Crippen MR) is 67.4 cm³/mol. The van der Waals surface area contributed by atoms with E-state index in [0.29, 0.717) is 6.61 Å². The van der Waals surface area contributed by atoms with Gasteiger partial charge in [0, 0.05) is 35.5 Å². The van der Waals surface area contributed by atoms with Gasteiger partial charge in [-0.25, -0.2) is 0 Å². The Labute approximate surface area is 100 Å². The van der Waals surface area contributed by atoms with Crippen LogP contribution in [0.1, 0.15) is 12.6 Å². The molecule has 0 bridgehead atoms. The molecule has 0 saturated heterocycles. The van der Waals surface area contributed by atoms with Gasteiger partial charge in [0.15, 0.2) is 0 Å². The Hall–Kier alpha value is -1.97. The first-order valence-electron chi connectivity index (χ1n) is 5.92. The molecule has 88 valence electrons. The lowest BCUT2D eigenvalue weighted by Crippen LogP contribution is -2.03. The van der Waals surface area contributed by atoms with Crippen LogP contribution in [0.4, 0.5) is 5.69 Å². The van der Waals surface area contributed by atoms with Crippen molar-refractivity contribution in [2.75, 3.05) is 18.5 Å². The Kier molecular flexibility index (Phi) is 2.48. The fraction of sp³-hybridized carbons (Fsp3) is 0.308. The summed E-state index contributed by atoms with van der Waals surface area (Å²) in [5.41, 5.74) is 4.67. The smallest absolute Gasteiger partial charge is 0.120 e. The Balaban J connectivity index is 2.12. The SMILES string of the molecule is CCOc1ccc2c(c1)-c1cn[nH]c1CCN2. The van der Waals surface area contributed by atoms with Crippen LogP contribution < -0.4 is 10.1 Å². The van der Waals surface area contributed by atoms with Crippen molar-refractivity contribution in [1.82, 2.24) is 10.2 Å². The maximum Gasteiger partial charge on any atom is 0.120 e. The topological polar surface area (TPSA) is 49.9 Å². The molecule has 1 aromatic carbocycles. The largest absolute Gasteiger partial charge is 0.494 e. The Morgan fingerprint density at radius 2 is 2.29 bits per heavy atom. The van der Waals surface area contributed by atoms with Crippen LogP contribution in [0.25, 0.3) is 11.1 Å². The van der Waals surface area contributed by atoms with E-state index in [2.05, 4.69) is 27.6 Å². The van der Waals surface area contributed by atoms with E-state index in [9.17, 15) is 0 Å². The number of anilines is 1. The van der Waals surface area contributed by atoms with Gasteiger partial charge in [0.05, 0.1) is 12.8 Å². The fourth-order valence-corrected chi connectivity index (χ4v) is 2.21. The van der Waals surface area contributed by atoms with E-state index < -0.39 is 0 Å². The van der Waals surface area contributed by atoms with Crippen LogP contribution in [0, 0.1) is 0 Å². The standard InChI is InChI=1S/C13H15N3O/c1-2-17-9-3-4-12-10(7-9)11-8-15-16-13(11)5-6-14-12/h3-4,7-8,14H,2,5-6H2,1H3,(H,15,16). The van der Waals surface area contributed by atoms with Gasteiger partial charge in [-0.2, -0.15) is 5.10 Å². The summed E-state index contributed by atoms with van der Waals surface area (Å²) >= 11 is 0. The maximum absolute atomic E-state index is 5.55. The summed E-state index contributed by atoms with van der Waals surface area (Å²) in [5.74, 6) is 0.905. The summed E-state index contributed by atoms with van der Waals surface area (Å²) in [6.45, 7) is 3.60. The zero-order valence-corrected chi connectivity index (χ0v) is 9.79. The van der Waals surface area contributed by atoms with E-state index in [1.54, 1.807) is 0 Å².